The molecule has 3 N–H and O–H groups in total. The minimum atomic E-state index is -0.518. The lowest BCUT2D eigenvalue weighted by Crippen LogP contribution is -2.54. The number of anilines is 2. The summed E-state index contributed by atoms with van der Waals surface area (Å²) in [5.74, 6) is 3.02. The second-order valence-corrected chi connectivity index (χ2v) is 18.0. The minimum Gasteiger partial charge on any atom is -0.378 e. The number of amides is 1. The highest BCUT2D eigenvalue weighted by molar-refractivity contribution is 5.97. The summed E-state index contributed by atoms with van der Waals surface area (Å²) < 4.78 is 23.0. The number of carbonyl (C=O) groups is 2. The summed E-state index contributed by atoms with van der Waals surface area (Å²) in [6, 6.07) is 9.83. The molecule has 0 unspecified atom stereocenters. The molecule has 4 saturated carbocycles. The number of ether oxygens (including phenoxy) is 1. The summed E-state index contributed by atoms with van der Waals surface area (Å²) >= 11 is 0. The van der Waals surface area contributed by atoms with Crippen LogP contribution >= 0.6 is 0 Å². The fourth-order valence-electron chi connectivity index (χ4n) is 12.2. The fourth-order valence-corrected chi connectivity index (χ4v) is 12.2. The Morgan fingerprint density at radius 3 is 2.62 bits per heavy atom. The second-order valence-electron chi connectivity index (χ2n) is 18.0. The van der Waals surface area contributed by atoms with Crippen LogP contribution in [-0.4, -0.2) is 49.4 Å². The third kappa shape index (κ3) is 6.36. The monoisotopic (exact) mass is 763 g/mol. The Kier molecular flexibility index (Phi) is 9.61. The van der Waals surface area contributed by atoms with Crippen molar-refractivity contribution in [1.29, 1.82) is 0 Å². The molecule has 0 bridgehead atoms. The van der Waals surface area contributed by atoms with Crippen LogP contribution in [0.3, 0.4) is 0 Å². The zero-order valence-electron chi connectivity index (χ0n) is 32.8. The van der Waals surface area contributed by atoms with E-state index < -0.39 is 23.3 Å². The number of benzene rings is 2. The molecule has 296 valence electrons. The molecule has 3 heterocycles. The number of rotatable bonds is 10. The van der Waals surface area contributed by atoms with Crippen LogP contribution in [0.2, 0.25) is 0 Å². The van der Waals surface area contributed by atoms with Crippen molar-refractivity contribution in [3.8, 4) is 0 Å². The van der Waals surface area contributed by atoms with Crippen LogP contribution in [0.4, 0.5) is 15.8 Å². The van der Waals surface area contributed by atoms with Gasteiger partial charge in [-0.2, -0.15) is 10.2 Å². The number of H-pyrrole nitrogens is 1. The van der Waals surface area contributed by atoms with Crippen molar-refractivity contribution in [2.75, 3.05) is 17.2 Å². The summed E-state index contributed by atoms with van der Waals surface area (Å²) in [6.07, 6.45) is 15.1. The summed E-state index contributed by atoms with van der Waals surface area (Å²) in [6.45, 7) is 5.77. The number of ketones is 1. The summed E-state index contributed by atoms with van der Waals surface area (Å²) in [4.78, 5) is 42.4. The number of hydrogen-bond donors (Lipinski definition) is 3. The molecular formula is C44H54FN7O4. The Morgan fingerprint density at radius 1 is 1.00 bits per heavy atom. The quantitative estimate of drug-likeness (QED) is 0.138. The zero-order chi connectivity index (χ0) is 38.8. The predicted octanol–water partition coefficient (Wildman–Crippen LogP) is 7.99. The Labute approximate surface area is 327 Å². The largest absolute Gasteiger partial charge is 0.378 e. The van der Waals surface area contributed by atoms with Gasteiger partial charge in [-0.25, -0.2) is 14.5 Å². The van der Waals surface area contributed by atoms with E-state index in [1.54, 1.807) is 11.7 Å². The van der Waals surface area contributed by atoms with E-state index in [4.69, 9.17) is 4.74 Å². The molecule has 11 nitrogen and oxygen atoms in total. The van der Waals surface area contributed by atoms with Crippen molar-refractivity contribution in [3.05, 3.63) is 76.0 Å². The Bertz CT molecular complexity index is 2200. The lowest BCUT2D eigenvalue weighted by Gasteiger charge is -2.60. The van der Waals surface area contributed by atoms with Crippen LogP contribution in [0, 0.1) is 40.3 Å². The maximum Gasteiger partial charge on any atom is 0.272 e. The van der Waals surface area contributed by atoms with Gasteiger partial charge in [0.1, 0.15) is 23.8 Å². The van der Waals surface area contributed by atoms with Crippen LogP contribution in [0.25, 0.3) is 10.8 Å². The molecule has 4 aromatic rings. The molecule has 2 aromatic carbocycles. The molecule has 0 radical (unpaired) electrons. The maximum absolute atomic E-state index is 14.7. The van der Waals surface area contributed by atoms with Gasteiger partial charge in [-0.1, -0.05) is 32.4 Å². The van der Waals surface area contributed by atoms with E-state index in [1.807, 2.05) is 24.3 Å². The predicted molar refractivity (Wildman–Crippen MR) is 212 cm³/mol. The molecule has 56 heavy (non-hydrogen) atoms. The lowest BCUT2D eigenvalue weighted by atomic mass is 9.45. The highest BCUT2D eigenvalue weighted by Gasteiger charge is 2.60. The Hall–Kier alpha value is -4.45. The minimum absolute atomic E-state index is 0.0238. The Balaban J connectivity index is 0.766. The molecule has 1 aliphatic heterocycles. The van der Waals surface area contributed by atoms with Crippen LogP contribution in [0.1, 0.15) is 126 Å². The first-order valence-electron chi connectivity index (χ1n) is 20.9. The second kappa shape index (κ2) is 14.5. The van der Waals surface area contributed by atoms with E-state index >= 15 is 0 Å². The molecule has 1 amide bonds. The van der Waals surface area contributed by atoms with E-state index in [9.17, 15) is 18.8 Å². The highest BCUT2D eigenvalue weighted by atomic mass is 19.1. The normalized spacial score (nSPS) is 32.0. The van der Waals surface area contributed by atoms with Gasteiger partial charge in [0.25, 0.3) is 5.56 Å². The fraction of sp³-hybridized carbons (Fsp3) is 0.591. The molecular weight excluding hydrogens is 710 g/mol. The number of Topliss-reactive ketones (excluding diaryl/α,β-unsaturated/α-hetero) is 1. The average molecular weight is 764 g/mol. The van der Waals surface area contributed by atoms with Gasteiger partial charge in [-0.05, 0) is 122 Å². The molecule has 5 aliphatic rings. The first kappa shape index (κ1) is 37.1. The number of nitrogens with one attached hydrogen (secondary N) is 3. The van der Waals surface area contributed by atoms with Gasteiger partial charge >= 0.3 is 0 Å². The van der Waals surface area contributed by atoms with E-state index in [2.05, 4.69) is 44.8 Å². The lowest BCUT2D eigenvalue weighted by molar-refractivity contribution is -0.145. The highest BCUT2D eigenvalue weighted by Crippen LogP contribution is 2.66. The molecule has 9 atom stereocenters. The van der Waals surface area contributed by atoms with Crippen LogP contribution < -0.4 is 16.2 Å². The van der Waals surface area contributed by atoms with Crippen molar-refractivity contribution < 1.29 is 18.7 Å². The number of aryl methyl sites for hydroxylation is 1. The molecule has 12 heteroatoms. The number of nitrogens with zero attached hydrogens (tertiary/aromatic N) is 4. The van der Waals surface area contributed by atoms with Gasteiger partial charge in [0, 0.05) is 49.7 Å². The van der Waals surface area contributed by atoms with Gasteiger partial charge in [-0.15, -0.1) is 0 Å². The number of carbonyl (C=O) groups excluding carboxylic acids is 2. The standard InChI is InChI=1S/C44H54FN7O4/c1-43-18-16-29(53)21-26(43)10-13-30-32-14-15-35(44(32,2)19-17-33(30)43)56-20-6-4-5-7-36(54)48-28-11-8-25(9-12-28)39-38(41-46-24-47-52(41)3)40-37-31(42(55)51-50-40)22-27(45)23-34(37)49-39/h8-9,11-12,22-24,26,30,32-33,35,38-39,49H,4-7,10,13-21H2,1-3H3,(H,48,54)(H,51,55)/t26-,30-,32-,33-,35-,38+,39+,43-,44-/m0/s1. The number of aromatic amines is 1. The maximum atomic E-state index is 14.7. The van der Waals surface area contributed by atoms with Crippen LogP contribution in [0.15, 0.2) is 47.5 Å². The molecule has 4 fully saturated rings. The van der Waals surface area contributed by atoms with Crippen molar-refractivity contribution >= 4 is 33.8 Å². The van der Waals surface area contributed by atoms with E-state index in [1.165, 1.54) is 50.6 Å². The van der Waals surface area contributed by atoms with Gasteiger partial charge in [0.2, 0.25) is 5.91 Å². The topological polar surface area (TPSA) is 144 Å². The molecule has 0 saturated heterocycles. The first-order valence-corrected chi connectivity index (χ1v) is 20.9. The van der Waals surface area contributed by atoms with E-state index in [-0.39, 0.29) is 16.7 Å². The Morgan fingerprint density at radius 2 is 1.82 bits per heavy atom. The average Bonchev–Trinajstić information content (AvgIpc) is 3.76. The van der Waals surface area contributed by atoms with Gasteiger partial charge in [0.05, 0.1) is 29.1 Å². The van der Waals surface area contributed by atoms with Crippen molar-refractivity contribution in [2.45, 2.75) is 115 Å². The SMILES string of the molecule is Cn1ncnc1[C@H]1c2n[nH]c(=O)c3cc(F)cc(c23)N[C@@H]1c1ccc(NC(=O)CCCCCO[C@H]2CC[C@H]3[C@@H]4CC[C@H]5CC(=O)CC[C@]5(C)[C@H]4CC[C@]23C)cc1. The van der Waals surface area contributed by atoms with Gasteiger partial charge in [0.15, 0.2) is 0 Å². The number of aromatic nitrogens is 5. The van der Waals surface area contributed by atoms with Crippen molar-refractivity contribution in [1.82, 2.24) is 25.0 Å². The molecule has 9 rings (SSSR count). The third-order valence-corrected chi connectivity index (χ3v) is 15.2. The van der Waals surface area contributed by atoms with Crippen LogP contribution in [0.5, 0.6) is 0 Å². The molecule has 0 spiro atoms. The van der Waals surface area contributed by atoms with Gasteiger partial charge < -0.3 is 15.4 Å². The number of hydrogen-bond acceptors (Lipinski definition) is 8. The number of unbranched alkanes of at least 4 members (excludes halogenated alkanes) is 2. The third-order valence-electron chi connectivity index (χ3n) is 15.2. The van der Waals surface area contributed by atoms with Crippen molar-refractivity contribution in [2.24, 2.45) is 41.5 Å². The van der Waals surface area contributed by atoms with Crippen LogP contribution in [-0.2, 0) is 21.4 Å². The van der Waals surface area contributed by atoms with E-state index in [0.29, 0.717) is 57.9 Å². The smallest absolute Gasteiger partial charge is 0.272 e. The summed E-state index contributed by atoms with van der Waals surface area (Å²) in [5.41, 5.74) is 2.78. The van der Waals surface area contributed by atoms with Gasteiger partial charge in [-0.3, -0.25) is 19.1 Å². The summed E-state index contributed by atoms with van der Waals surface area (Å²) in [7, 11) is 1.80. The number of fused-ring (bicyclic) bond motifs is 5. The zero-order valence-corrected chi connectivity index (χ0v) is 32.8. The number of halogens is 1. The molecule has 4 aliphatic carbocycles. The van der Waals surface area contributed by atoms with Crippen molar-refractivity contribution in [3.63, 3.8) is 0 Å². The van der Waals surface area contributed by atoms with E-state index in [0.717, 1.165) is 74.9 Å². The summed E-state index contributed by atoms with van der Waals surface area (Å²) in [5, 5.41) is 18.5. The molecule has 2 aromatic heterocycles. The first-order chi connectivity index (χ1) is 27.0.